The predicted octanol–water partition coefficient (Wildman–Crippen LogP) is 0.928. The van der Waals surface area contributed by atoms with E-state index in [1.54, 1.807) is 0 Å². The molecular weight excluding hydrogens is 410 g/mol. The van der Waals surface area contributed by atoms with Crippen molar-refractivity contribution in [3.63, 3.8) is 0 Å². The average molecular weight is 440 g/mol. The van der Waals surface area contributed by atoms with Crippen molar-refractivity contribution in [3.05, 3.63) is 30.1 Å². The van der Waals surface area contributed by atoms with Crippen LogP contribution in [-0.4, -0.2) is 82.6 Å². The van der Waals surface area contributed by atoms with Crippen LogP contribution >= 0.6 is 0 Å². The van der Waals surface area contributed by atoms with Gasteiger partial charge in [0.15, 0.2) is 11.5 Å². The topological polar surface area (TPSA) is 110 Å². The van der Waals surface area contributed by atoms with Crippen LogP contribution in [0.2, 0.25) is 0 Å². The number of nitrogens with zero attached hydrogens (tertiary/aromatic N) is 6. The van der Waals surface area contributed by atoms with Crippen LogP contribution < -0.4 is 20.1 Å². The summed E-state index contributed by atoms with van der Waals surface area (Å²) in [5.74, 6) is 2.89. The molecule has 0 bridgehead atoms. The van der Waals surface area contributed by atoms with Gasteiger partial charge in [0.25, 0.3) is 5.91 Å². The zero-order valence-corrected chi connectivity index (χ0v) is 18.2. The highest BCUT2D eigenvalue weighted by Gasteiger charge is 2.32. The van der Waals surface area contributed by atoms with Crippen molar-refractivity contribution in [3.8, 4) is 11.5 Å². The number of nitrogen functional groups attached to an aromatic ring is 1. The number of anilines is 2. The Kier molecular flexibility index (Phi) is 5.93. The van der Waals surface area contributed by atoms with Gasteiger partial charge in [0.05, 0.1) is 6.54 Å². The van der Waals surface area contributed by atoms with Crippen molar-refractivity contribution in [2.24, 2.45) is 0 Å². The number of piperidine rings is 1. The van der Waals surface area contributed by atoms with Gasteiger partial charge in [0.1, 0.15) is 12.4 Å². The number of nitrogens with two attached hydrogens (primary N) is 1. The van der Waals surface area contributed by atoms with Crippen LogP contribution in [-0.2, 0) is 11.3 Å². The van der Waals surface area contributed by atoms with Gasteiger partial charge in [-0.05, 0) is 31.4 Å². The maximum Gasteiger partial charge on any atom is 0.267 e. The summed E-state index contributed by atoms with van der Waals surface area (Å²) in [4.78, 5) is 32.6. The summed E-state index contributed by atoms with van der Waals surface area (Å²) in [5.41, 5.74) is 5.96. The molecule has 0 saturated carbocycles. The number of fused-ring (bicyclic) bond motifs is 1. The number of hydrogen-bond donors (Lipinski definition) is 1. The van der Waals surface area contributed by atoms with Gasteiger partial charge in [-0.25, -0.2) is 0 Å². The molecule has 5 rings (SSSR count). The highest BCUT2D eigenvalue weighted by Crippen LogP contribution is 2.31. The van der Waals surface area contributed by atoms with Crippen LogP contribution in [0.15, 0.2) is 24.3 Å². The molecular formula is C22H29N7O3. The van der Waals surface area contributed by atoms with Crippen LogP contribution in [0.5, 0.6) is 11.5 Å². The zero-order valence-electron chi connectivity index (χ0n) is 18.2. The monoisotopic (exact) mass is 439 g/mol. The summed E-state index contributed by atoms with van der Waals surface area (Å²) in [7, 11) is 0. The van der Waals surface area contributed by atoms with E-state index in [-0.39, 0.29) is 18.5 Å². The van der Waals surface area contributed by atoms with Gasteiger partial charge < -0.3 is 25.0 Å². The summed E-state index contributed by atoms with van der Waals surface area (Å²) in [6.45, 7) is 5.47. The molecule has 1 aromatic heterocycles. The van der Waals surface area contributed by atoms with E-state index in [1.165, 1.54) is 6.42 Å². The smallest absolute Gasteiger partial charge is 0.267 e. The molecule has 3 aliphatic heterocycles. The molecule has 1 unspecified atom stereocenters. The minimum absolute atomic E-state index is 0.0315. The van der Waals surface area contributed by atoms with Crippen molar-refractivity contribution in [2.75, 3.05) is 56.5 Å². The number of hydrogen-bond acceptors (Lipinski definition) is 9. The van der Waals surface area contributed by atoms with E-state index in [0.29, 0.717) is 42.9 Å². The molecule has 10 heteroatoms. The van der Waals surface area contributed by atoms with Crippen molar-refractivity contribution >= 4 is 17.8 Å². The van der Waals surface area contributed by atoms with Crippen LogP contribution in [0, 0.1) is 0 Å². The Balaban J connectivity index is 1.16. The standard InChI is InChI=1S/C22H29N7O3/c23-21-24-19(25-22(26-21)29-8-4-1-5-9-29)14-27-10-12-28(13-11-27)20(30)18-15-31-16-6-2-3-7-17(16)32-18/h2-3,6-7,18H,1,4-5,8-15H2,(H2,23,24,25,26). The Morgan fingerprint density at radius 3 is 2.50 bits per heavy atom. The lowest BCUT2D eigenvalue weighted by Gasteiger charge is -2.37. The molecule has 3 aliphatic rings. The number of aromatic nitrogens is 3. The fraction of sp³-hybridized carbons (Fsp3) is 0.545. The molecule has 2 saturated heterocycles. The molecule has 0 aliphatic carbocycles. The normalized spacial score (nSPS) is 21.4. The lowest BCUT2D eigenvalue weighted by atomic mass is 10.1. The number of carbonyl (C=O) groups excluding carboxylic acids is 1. The second-order valence-corrected chi connectivity index (χ2v) is 8.42. The minimum atomic E-state index is -0.605. The first-order chi connectivity index (χ1) is 15.7. The SMILES string of the molecule is Nc1nc(CN2CCN(C(=O)C3COc4ccccc4O3)CC2)nc(N2CCCCC2)n1. The molecule has 2 N–H and O–H groups in total. The van der Waals surface area contributed by atoms with Crippen molar-refractivity contribution in [2.45, 2.75) is 31.9 Å². The maximum absolute atomic E-state index is 12.9. The summed E-state index contributed by atoms with van der Waals surface area (Å²) in [5, 5.41) is 0. The zero-order chi connectivity index (χ0) is 21.9. The Morgan fingerprint density at radius 1 is 0.969 bits per heavy atom. The van der Waals surface area contributed by atoms with Crippen LogP contribution in [0.4, 0.5) is 11.9 Å². The van der Waals surface area contributed by atoms with Gasteiger partial charge >= 0.3 is 0 Å². The summed E-state index contributed by atoms with van der Waals surface area (Å²) >= 11 is 0. The van der Waals surface area contributed by atoms with E-state index in [2.05, 4.69) is 24.8 Å². The summed E-state index contributed by atoms with van der Waals surface area (Å²) < 4.78 is 11.6. The van der Waals surface area contributed by atoms with Gasteiger partial charge in [0, 0.05) is 39.3 Å². The first kappa shape index (κ1) is 20.7. The Labute approximate surface area is 187 Å². The van der Waals surface area contributed by atoms with Gasteiger partial charge in [-0.3, -0.25) is 9.69 Å². The Bertz CT molecular complexity index is 958. The number of ether oxygens (including phenoxy) is 2. The highest BCUT2D eigenvalue weighted by atomic mass is 16.6. The predicted molar refractivity (Wildman–Crippen MR) is 119 cm³/mol. The Morgan fingerprint density at radius 2 is 1.72 bits per heavy atom. The first-order valence-corrected chi connectivity index (χ1v) is 11.3. The molecule has 10 nitrogen and oxygen atoms in total. The number of amides is 1. The van der Waals surface area contributed by atoms with Gasteiger partial charge in [-0.15, -0.1) is 0 Å². The van der Waals surface area contributed by atoms with E-state index >= 15 is 0 Å². The lowest BCUT2D eigenvalue weighted by molar-refractivity contribution is -0.143. The van der Waals surface area contributed by atoms with Crippen molar-refractivity contribution in [1.29, 1.82) is 0 Å². The molecule has 0 spiro atoms. The summed E-state index contributed by atoms with van der Waals surface area (Å²) in [6.07, 6.45) is 2.94. The quantitative estimate of drug-likeness (QED) is 0.744. The van der Waals surface area contributed by atoms with Gasteiger partial charge in [-0.2, -0.15) is 15.0 Å². The van der Waals surface area contributed by atoms with E-state index in [0.717, 1.165) is 39.0 Å². The number of benzene rings is 1. The van der Waals surface area contributed by atoms with Crippen LogP contribution in [0.3, 0.4) is 0 Å². The Hall–Kier alpha value is -3.14. The van der Waals surface area contributed by atoms with E-state index < -0.39 is 6.10 Å². The van der Waals surface area contributed by atoms with Crippen molar-refractivity contribution in [1.82, 2.24) is 24.8 Å². The first-order valence-electron chi connectivity index (χ1n) is 11.3. The second-order valence-electron chi connectivity index (χ2n) is 8.42. The highest BCUT2D eigenvalue weighted by molar-refractivity contribution is 5.82. The number of para-hydroxylation sites is 2. The van der Waals surface area contributed by atoms with E-state index in [1.807, 2.05) is 29.2 Å². The largest absolute Gasteiger partial charge is 0.485 e. The number of rotatable bonds is 4. The molecule has 32 heavy (non-hydrogen) atoms. The molecule has 1 aromatic carbocycles. The van der Waals surface area contributed by atoms with Gasteiger partial charge in [0.2, 0.25) is 18.0 Å². The molecule has 0 radical (unpaired) electrons. The third-order valence-electron chi connectivity index (χ3n) is 6.16. The average Bonchev–Trinajstić information content (AvgIpc) is 2.84. The maximum atomic E-state index is 12.9. The van der Waals surface area contributed by atoms with Crippen LogP contribution in [0.1, 0.15) is 25.1 Å². The van der Waals surface area contributed by atoms with E-state index in [9.17, 15) is 4.79 Å². The molecule has 1 amide bonds. The lowest BCUT2D eigenvalue weighted by Crippen LogP contribution is -2.53. The van der Waals surface area contributed by atoms with Crippen molar-refractivity contribution < 1.29 is 14.3 Å². The van der Waals surface area contributed by atoms with Gasteiger partial charge in [-0.1, -0.05) is 12.1 Å². The van der Waals surface area contributed by atoms with E-state index in [4.69, 9.17) is 15.2 Å². The number of piperazine rings is 1. The molecule has 2 fully saturated rings. The minimum Gasteiger partial charge on any atom is -0.485 e. The second kappa shape index (κ2) is 9.15. The fourth-order valence-corrected chi connectivity index (χ4v) is 4.40. The molecule has 2 aromatic rings. The number of carbonyl (C=O) groups is 1. The summed E-state index contributed by atoms with van der Waals surface area (Å²) in [6, 6.07) is 7.43. The molecule has 4 heterocycles. The molecule has 170 valence electrons. The molecule has 1 atom stereocenters. The third kappa shape index (κ3) is 4.55. The van der Waals surface area contributed by atoms with Crippen LogP contribution in [0.25, 0.3) is 0 Å². The third-order valence-corrected chi connectivity index (χ3v) is 6.16. The fourth-order valence-electron chi connectivity index (χ4n) is 4.40.